The third-order valence-corrected chi connectivity index (χ3v) is 4.31. The van der Waals surface area contributed by atoms with Crippen LogP contribution in [0.25, 0.3) is 0 Å². The lowest BCUT2D eigenvalue weighted by atomic mass is 9.67. The number of hydrogen-bond acceptors (Lipinski definition) is 0. The first-order chi connectivity index (χ1) is 7.18. The second-order valence-corrected chi connectivity index (χ2v) is 8.19. The van der Waals surface area contributed by atoms with Crippen LogP contribution in [0, 0.1) is 22.7 Å². The van der Waals surface area contributed by atoms with E-state index in [9.17, 15) is 0 Å². The van der Waals surface area contributed by atoms with Gasteiger partial charge in [0.25, 0.3) is 0 Å². The van der Waals surface area contributed by atoms with Crippen molar-refractivity contribution >= 4 is 0 Å². The molecule has 0 radical (unpaired) electrons. The Morgan fingerprint density at radius 3 is 2.06 bits per heavy atom. The summed E-state index contributed by atoms with van der Waals surface area (Å²) in [5.41, 5.74) is 1.05. The first kappa shape index (κ1) is 14.1. The van der Waals surface area contributed by atoms with Crippen LogP contribution >= 0.6 is 0 Å². The Kier molecular flexibility index (Phi) is 4.49. The first-order valence-electron chi connectivity index (χ1n) is 7.18. The normalized spacial score (nSPS) is 28.1. The van der Waals surface area contributed by atoms with E-state index >= 15 is 0 Å². The third kappa shape index (κ3) is 4.89. The molecule has 2 atom stereocenters. The quantitative estimate of drug-likeness (QED) is 0.567. The van der Waals surface area contributed by atoms with Crippen molar-refractivity contribution in [2.45, 2.75) is 80.1 Å². The van der Waals surface area contributed by atoms with E-state index < -0.39 is 0 Å². The molecule has 1 rings (SSSR count). The second-order valence-electron chi connectivity index (χ2n) is 8.19. The molecule has 0 aromatic heterocycles. The van der Waals surface area contributed by atoms with Crippen molar-refractivity contribution in [2.75, 3.05) is 0 Å². The summed E-state index contributed by atoms with van der Waals surface area (Å²) in [6.07, 6.45) is 8.76. The van der Waals surface area contributed by atoms with Gasteiger partial charge in [-0.05, 0) is 48.3 Å². The predicted octanol–water partition coefficient (Wildman–Crippen LogP) is 5.67. The fourth-order valence-corrected chi connectivity index (χ4v) is 2.98. The fourth-order valence-electron chi connectivity index (χ4n) is 2.98. The van der Waals surface area contributed by atoms with Crippen molar-refractivity contribution in [3.05, 3.63) is 0 Å². The molecule has 0 heteroatoms. The highest BCUT2D eigenvalue weighted by Crippen LogP contribution is 2.42. The summed E-state index contributed by atoms with van der Waals surface area (Å²) in [6.45, 7) is 14.4. The lowest BCUT2D eigenvalue weighted by molar-refractivity contribution is 0.130. The average molecular weight is 224 g/mol. The Bertz CT molecular complexity index is 201. The van der Waals surface area contributed by atoms with Gasteiger partial charge < -0.3 is 0 Å². The molecule has 0 saturated heterocycles. The Labute approximate surface area is 103 Å². The molecule has 0 bridgehead atoms. The summed E-state index contributed by atoms with van der Waals surface area (Å²) in [5.74, 6) is 1.98. The van der Waals surface area contributed by atoms with Crippen LogP contribution in [-0.2, 0) is 0 Å². The zero-order valence-electron chi connectivity index (χ0n) is 12.4. The molecule has 0 heterocycles. The number of rotatable bonds is 2. The van der Waals surface area contributed by atoms with E-state index in [1.807, 2.05) is 0 Å². The second kappa shape index (κ2) is 5.10. The number of hydrogen-bond donors (Lipinski definition) is 0. The molecule has 0 aliphatic heterocycles. The standard InChI is InChI=1S/C16H32/c1-15(2,3)11-10-13-8-7-9-14(12-13)16(4,5)6/h13-14H,7-12H2,1-6H3/t13-,14+/m1/s1. The van der Waals surface area contributed by atoms with Gasteiger partial charge in [-0.25, -0.2) is 0 Å². The maximum atomic E-state index is 2.42. The SMILES string of the molecule is CC(C)(C)CC[C@H]1CCC[C@H](C(C)(C)C)C1. The van der Waals surface area contributed by atoms with Gasteiger partial charge >= 0.3 is 0 Å². The highest BCUT2D eigenvalue weighted by molar-refractivity contribution is 4.81. The van der Waals surface area contributed by atoms with Gasteiger partial charge in [-0.15, -0.1) is 0 Å². The van der Waals surface area contributed by atoms with Gasteiger partial charge in [-0.3, -0.25) is 0 Å². The van der Waals surface area contributed by atoms with Crippen LogP contribution in [0.3, 0.4) is 0 Å². The zero-order chi connectivity index (χ0) is 12.4. The molecule has 1 aliphatic carbocycles. The van der Waals surface area contributed by atoms with Gasteiger partial charge in [0.2, 0.25) is 0 Å². The molecular weight excluding hydrogens is 192 g/mol. The monoisotopic (exact) mass is 224 g/mol. The van der Waals surface area contributed by atoms with E-state index in [2.05, 4.69) is 41.5 Å². The Hall–Kier alpha value is 0. The molecule has 16 heavy (non-hydrogen) atoms. The van der Waals surface area contributed by atoms with Gasteiger partial charge in [-0.1, -0.05) is 54.4 Å². The van der Waals surface area contributed by atoms with Crippen LogP contribution in [0.15, 0.2) is 0 Å². The average Bonchev–Trinajstić information content (AvgIpc) is 2.13. The third-order valence-electron chi connectivity index (χ3n) is 4.31. The fraction of sp³-hybridized carbons (Fsp3) is 1.00. The summed E-state index contributed by atoms with van der Waals surface area (Å²) in [5, 5.41) is 0. The molecule has 0 unspecified atom stereocenters. The first-order valence-corrected chi connectivity index (χ1v) is 7.18. The molecule has 0 aromatic carbocycles. The summed E-state index contributed by atoms with van der Waals surface area (Å²) in [6, 6.07) is 0. The van der Waals surface area contributed by atoms with Crippen molar-refractivity contribution < 1.29 is 0 Å². The summed E-state index contributed by atoms with van der Waals surface area (Å²) in [7, 11) is 0. The van der Waals surface area contributed by atoms with E-state index in [1.54, 1.807) is 0 Å². The molecule has 0 N–H and O–H groups in total. The molecule has 0 aromatic rings. The van der Waals surface area contributed by atoms with Crippen LogP contribution in [0.5, 0.6) is 0 Å². The molecule has 1 saturated carbocycles. The minimum atomic E-state index is 0.522. The predicted molar refractivity (Wildman–Crippen MR) is 73.6 cm³/mol. The molecule has 0 nitrogen and oxygen atoms in total. The Morgan fingerprint density at radius 2 is 1.56 bits per heavy atom. The Balaban J connectivity index is 2.39. The molecule has 0 amide bonds. The minimum Gasteiger partial charge on any atom is -0.0602 e. The molecule has 96 valence electrons. The Morgan fingerprint density at radius 1 is 0.938 bits per heavy atom. The van der Waals surface area contributed by atoms with Crippen molar-refractivity contribution in [3.63, 3.8) is 0 Å². The molecule has 0 spiro atoms. The summed E-state index contributed by atoms with van der Waals surface area (Å²) >= 11 is 0. The molecule has 1 fully saturated rings. The van der Waals surface area contributed by atoms with Gasteiger partial charge in [0.15, 0.2) is 0 Å². The largest absolute Gasteiger partial charge is 0.0602 e. The molecular formula is C16H32. The lowest BCUT2D eigenvalue weighted by Crippen LogP contribution is -2.27. The van der Waals surface area contributed by atoms with E-state index in [0.717, 1.165) is 11.8 Å². The van der Waals surface area contributed by atoms with Crippen molar-refractivity contribution in [1.29, 1.82) is 0 Å². The van der Waals surface area contributed by atoms with Crippen molar-refractivity contribution in [1.82, 2.24) is 0 Å². The van der Waals surface area contributed by atoms with Crippen LogP contribution in [0.4, 0.5) is 0 Å². The maximum Gasteiger partial charge on any atom is -0.0354 e. The zero-order valence-corrected chi connectivity index (χ0v) is 12.4. The van der Waals surface area contributed by atoms with E-state index in [-0.39, 0.29) is 0 Å². The van der Waals surface area contributed by atoms with Gasteiger partial charge in [-0.2, -0.15) is 0 Å². The maximum absolute atomic E-state index is 2.42. The smallest absolute Gasteiger partial charge is 0.0354 e. The topological polar surface area (TPSA) is 0 Å². The van der Waals surface area contributed by atoms with Crippen LogP contribution in [0.2, 0.25) is 0 Å². The van der Waals surface area contributed by atoms with Crippen molar-refractivity contribution in [3.8, 4) is 0 Å². The van der Waals surface area contributed by atoms with Crippen LogP contribution in [-0.4, -0.2) is 0 Å². The highest BCUT2D eigenvalue weighted by atomic mass is 14.4. The van der Waals surface area contributed by atoms with E-state index in [4.69, 9.17) is 0 Å². The summed E-state index contributed by atoms with van der Waals surface area (Å²) in [4.78, 5) is 0. The van der Waals surface area contributed by atoms with E-state index in [1.165, 1.54) is 38.5 Å². The summed E-state index contributed by atoms with van der Waals surface area (Å²) < 4.78 is 0. The van der Waals surface area contributed by atoms with Gasteiger partial charge in [0.1, 0.15) is 0 Å². The van der Waals surface area contributed by atoms with E-state index in [0.29, 0.717) is 10.8 Å². The van der Waals surface area contributed by atoms with Gasteiger partial charge in [0, 0.05) is 0 Å². The van der Waals surface area contributed by atoms with Gasteiger partial charge in [0.05, 0.1) is 0 Å². The lowest BCUT2D eigenvalue weighted by Gasteiger charge is -2.38. The minimum absolute atomic E-state index is 0.522. The van der Waals surface area contributed by atoms with Crippen LogP contribution in [0.1, 0.15) is 80.1 Å². The molecule has 1 aliphatic rings. The highest BCUT2D eigenvalue weighted by Gasteiger charge is 2.30. The van der Waals surface area contributed by atoms with Crippen LogP contribution < -0.4 is 0 Å². The van der Waals surface area contributed by atoms with Crippen molar-refractivity contribution in [2.24, 2.45) is 22.7 Å².